The van der Waals surface area contributed by atoms with Gasteiger partial charge in [-0.3, -0.25) is 0 Å². The minimum Gasteiger partial charge on any atom is -0.198 e. The largest absolute Gasteiger partial charge is 0.198 e. The van der Waals surface area contributed by atoms with Crippen LogP contribution in [0.3, 0.4) is 0 Å². The third-order valence-electron chi connectivity index (χ3n) is 4.79. The first-order chi connectivity index (χ1) is 8.95. The first kappa shape index (κ1) is 14.1. The highest BCUT2D eigenvalue weighted by Gasteiger charge is 2.38. The molecule has 102 valence electrons. The fourth-order valence-corrected chi connectivity index (χ4v) is 3.35. The molecule has 0 heterocycles. The monoisotopic (exact) mass is 255 g/mol. The fraction of sp³-hybridized carbons (Fsp3) is 0.611. The van der Waals surface area contributed by atoms with Crippen molar-refractivity contribution < 1.29 is 0 Å². The Balaban J connectivity index is 2.05. The average molecular weight is 255 g/mol. The van der Waals surface area contributed by atoms with Crippen LogP contribution in [-0.2, 0) is 6.42 Å². The molecule has 0 N–H and O–H groups in total. The van der Waals surface area contributed by atoms with Gasteiger partial charge in [-0.2, -0.15) is 5.26 Å². The Morgan fingerprint density at radius 2 is 1.74 bits per heavy atom. The zero-order valence-corrected chi connectivity index (χ0v) is 12.4. The summed E-state index contributed by atoms with van der Waals surface area (Å²) in [5.41, 5.74) is 1.57. The first-order valence-electron chi connectivity index (χ1n) is 7.40. The van der Waals surface area contributed by atoms with Crippen molar-refractivity contribution in [2.75, 3.05) is 0 Å². The van der Waals surface area contributed by atoms with Gasteiger partial charge in [0, 0.05) is 0 Å². The van der Waals surface area contributed by atoms with Crippen LogP contribution in [0.25, 0.3) is 0 Å². The van der Waals surface area contributed by atoms with Crippen LogP contribution in [-0.4, -0.2) is 0 Å². The Bertz CT molecular complexity index is 439. The van der Waals surface area contributed by atoms with Gasteiger partial charge in [-0.25, -0.2) is 0 Å². The Morgan fingerprint density at radius 1 is 1.16 bits per heavy atom. The molecule has 1 aromatic rings. The van der Waals surface area contributed by atoms with Gasteiger partial charge in [-0.05, 0) is 49.0 Å². The van der Waals surface area contributed by atoms with Crippen molar-refractivity contribution in [3.63, 3.8) is 0 Å². The van der Waals surface area contributed by atoms with Gasteiger partial charge in [-0.15, -0.1) is 0 Å². The third kappa shape index (κ3) is 3.38. The van der Waals surface area contributed by atoms with E-state index in [9.17, 15) is 5.26 Å². The lowest BCUT2D eigenvalue weighted by Gasteiger charge is -2.40. The van der Waals surface area contributed by atoms with Crippen LogP contribution in [0.5, 0.6) is 0 Å². The minimum atomic E-state index is -0.122. The summed E-state index contributed by atoms with van der Waals surface area (Å²) in [6.45, 7) is 6.98. The zero-order chi connectivity index (χ0) is 13.9. The molecular formula is C18H25N. The van der Waals surface area contributed by atoms with Gasteiger partial charge in [-0.1, -0.05) is 51.1 Å². The molecule has 1 aliphatic carbocycles. The van der Waals surface area contributed by atoms with Gasteiger partial charge >= 0.3 is 0 Å². The molecule has 1 aromatic carbocycles. The number of rotatable bonds is 2. The Morgan fingerprint density at radius 3 is 2.21 bits per heavy atom. The van der Waals surface area contributed by atoms with E-state index >= 15 is 0 Å². The van der Waals surface area contributed by atoms with Crippen LogP contribution in [0, 0.1) is 28.1 Å². The molecule has 2 rings (SSSR count). The van der Waals surface area contributed by atoms with E-state index in [0.29, 0.717) is 5.41 Å². The van der Waals surface area contributed by atoms with Gasteiger partial charge in [0.1, 0.15) is 0 Å². The molecule has 0 aromatic heterocycles. The SMILES string of the molecule is CC(C)(C)C1CCC(C#N)(Cc2ccccc2)CC1. The fourth-order valence-electron chi connectivity index (χ4n) is 3.35. The molecule has 0 spiro atoms. The van der Waals surface area contributed by atoms with Crippen molar-refractivity contribution in [2.24, 2.45) is 16.7 Å². The quantitative estimate of drug-likeness (QED) is 0.731. The number of benzene rings is 1. The number of nitriles is 1. The molecule has 1 fully saturated rings. The molecule has 1 nitrogen and oxygen atoms in total. The normalized spacial score (nSPS) is 27.8. The standard InChI is InChI=1S/C18H25N/c1-17(2,3)16-9-11-18(14-19,12-10-16)13-15-7-5-4-6-8-15/h4-8,16H,9-13H2,1-3H3. The summed E-state index contributed by atoms with van der Waals surface area (Å²) in [6, 6.07) is 13.1. The van der Waals surface area contributed by atoms with Crippen LogP contribution >= 0.6 is 0 Å². The van der Waals surface area contributed by atoms with Crippen LogP contribution in [0.15, 0.2) is 30.3 Å². The lowest BCUT2D eigenvalue weighted by molar-refractivity contribution is 0.120. The molecule has 1 saturated carbocycles. The maximum atomic E-state index is 9.64. The molecule has 0 saturated heterocycles. The summed E-state index contributed by atoms with van der Waals surface area (Å²) < 4.78 is 0. The maximum absolute atomic E-state index is 9.64. The Kier molecular flexibility index (Phi) is 3.99. The molecule has 0 radical (unpaired) electrons. The van der Waals surface area contributed by atoms with E-state index in [1.54, 1.807) is 0 Å². The average Bonchev–Trinajstić information content (AvgIpc) is 2.39. The molecule has 19 heavy (non-hydrogen) atoms. The van der Waals surface area contributed by atoms with Gasteiger partial charge < -0.3 is 0 Å². The van der Waals surface area contributed by atoms with E-state index in [1.807, 2.05) is 6.07 Å². The topological polar surface area (TPSA) is 23.8 Å². The third-order valence-corrected chi connectivity index (χ3v) is 4.79. The smallest absolute Gasteiger partial charge is 0.0693 e. The van der Waals surface area contributed by atoms with Crippen LogP contribution in [0.1, 0.15) is 52.0 Å². The number of nitrogens with zero attached hydrogens (tertiary/aromatic N) is 1. The van der Waals surface area contributed by atoms with Crippen LogP contribution in [0.2, 0.25) is 0 Å². The summed E-state index contributed by atoms with van der Waals surface area (Å²) in [6.07, 6.45) is 5.43. The second-order valence-corrected chi connectivity index (χ2v) is 7.19. The molecular weight excluding hydrogens is 230 g/mol. The lowest BCUT2D eigenvalue weighted by Crippen LogP contribution is -2.33. The van der Waals surface area contributed by atoms with E-state index in [0.717, 1.165) is 25.2 Å². The molecule has 0 amide bonds. The summed E-state index contributed by atoms with van der Waals surface area (Å²) in [7, 11) is 0. The highest BCUT2D eigenvalue weighted by molar-refractivity contribution is 5.20. The van der Waals surface area contributed by atoms with Crippen molar-refractivity contribution >= 4 is 0 Å². The second-order valence-electron chi connectivity index (χ2n) is 7.19. The zero-order valence-electron chi connectivity index (χ0n) is 12.4. The minimum absolute atomic E-state index is 0.122. The lowest BCUT2D eigenvalue weighted by atomic mass is 9.63. The van der Waals surface area contributed by atoms with E-state index in [-0.39, 0.29) is 5.41 Å². The molecule has 1 aliphatic rings. The summed E-state index contributed by atoms with van der Waals surface area (Å²) >= 11 is 0. The van der Waals surface area contributed by atoms with E-state index in [1.165, 1.54) is 18.4 Å². The summed E-state index contributed by atoms with van der Waals surface area (Å²) in [5.74, 6) is 0.768. The first-order valence-corrected chi connectivity index (χ1v) is 7.40. The summed E-state index contributed by atoms with van der Waals surface area (Å²) in [5, 5.41) is 9.64. The maximum Gasteiger partial charge on any atom is 0.0693 e. The van der Waals surface area contributed by atoms with Crippen molar-refractivity contribution in [1.82, 2.24) is 0 Å². The summed E-state index contributed by atoms with van der Waals surface area (Å²) in [4.78, 5) is 0. The molecule has 1 heteroatoms. The van der Waals surface area contributed by atoms with Gasteiger partial charge in [0.25, 0.3) is 0 Å². The van der Waals surface area contributed by atoms with E-state index in [2.05, 4.69) is 51.1 Å². The van der Waals surface area contributed by atoms with Crippen molar-refractivity contribution in [3.8, 4) is 6.07 Å². The number of hydrogen-bond donors (Lipinski definition) is 0. The highest BCUT2D eigenvalue weighted by atomic mass is 14.4. The molecule has 0 unspecified atom stereocenters. The van der Waals surface area contributed by atoms with Crippen molar-refractivity contribution in [3.05, 3.63) is 35.9 Å². The second kappa shape index (κ2) is 5.37. The van der Waals surface area contributed by atoms with Crippen molar-refractivity contribution in [1.29, 1.82) is 5.26 Å². The molecule has 0 atom stereocenters. The predicted octanol–water partition coefficient (Wildman–Crippen LogP) is 4.98. The van der Waals surface area contributed by atoms with Gasteiger partial charge in [0.15, 0.2) is 0 Å². The van der Waals surface area contributed by atoms with Gasteiger partial charge in [0.05, 0.1) is 11.5 Å². The molecule has 0 aliphatic heterocycles. The van der Waals surface area contributed by atoms with Crippen molar-refractivity contribution in [2.45, 2.75) is 52.9 Å². The Hall–Kier alpha value is -1.29. The van der Waals surface area contributed by atoms with Crippen LogP contribution in [0.4, 0.5) is 0 Å². The van der Waals surface area contributed by atoms with Gasteiger partial charge in [0.2, 0.25) is 0 Å². The van der Waals surface area contributed by atoms with E-state index in [4.69, 9.17) is 0 Å². The van der Waals surface area contributed by atoms with Crippen LogP contribution < -0.4 is 0 Å². The molecule has 0 bridgehead atoms. The van der Waals surface area contributed by atoms with E-state index < -0.39 is 0 Å². The predicted molar refractivity (Wildman–Crippen MR) is 79.6 cm³/mol. The Labute approximate surface area is 117 Å². The number of hydrogen-bond acceptors (Lipinski definition) is 1. The highest BCUT2D eigenvalue weighted by Crippen LogP contribution is 2.46.